The van der Waals surface area contributed by atoms with Crippen molar-refractivity contribution in [2.24, 2.45) is 7.05 Å². The summed E-state index contributed by atoms with van der Waals surface area (Å²) in [5, 5.41) is 10.7. The van der Waals surface area contributed by atoms with Gasteiger partial charge < -0.3 is 10.6 Å². The fourth-order valence-corrected chi connectivity index (χ4v) is 1.89. The van der Waals surface area contributed by atoms with E-state index in [0.717, 1.165) is 35.1 Å². The Labute approximate surface area is 113 Å². The molecule has 2 aromatic heterocycles. The highest BCUT2D eigenvalue weighted by atomic mass is 15.2. The van der Waals surface area contributed by atoms with Gasteiger partial charge in [0.1, 0.15) is 17.5 Å². The highest BCUT2D eigenvalue weighted by molar-refractivity contribution is 5.57. The Morgan fingerprint density at radius 1 is 1.16 bits per heavy atom. The highest BCUT2D eigenvalue weighted by Crippen LogP contribution is 2.20. The van der Waals surface area contributed by atoms with E-state index in [1.807, 2.05) is 33.3 Å². The van der Waals surface area contributed by atoms with Crippen molar-refractivity contribution in [3.05, 3.63) is 29.3 Å². The second kappa shape index (κ2) is 5.69. The Morgan fingerprint density at radius 2 is 1.84 bits per heavy atom. The first-order chi connectivity index (χ1) is 9.10. The number of rotatable bonds is 5. The van der Waals surface area contributed by atoms with Crippen molar-refractivity contribution in [3.63, 3.8) is 0 Å². The zero-order chi connectivity index (χ0) is 13.8. The molecule has 0 saturated heterocycles. The second-order valence-electron chi connectivity index (χ2n) is 4.50. The van der Waals surface area contributed by atoms with Gasteiger partial charge in [-0.2, -0.15) is 5.10 Å². The first kappa shape index (κ1) is 13.3. The van der Waals surface area contributed by atoms with Crippen LogP contribution < -0.4 is 10.6 Å². The third-order valence-corrected chi connectivity index (χ3v) is 2.82. The molecule has 2 heterocycles. The maximum Gasteiger partial charge on any atom is 0.135 e. The molecular formula is C13H20N6. The van der Waals surface area contributed by atoms with E-state index in [-0.39, 0.29) is 0 Å². The normalized spacial score (nSPS) is 10.5. The van der Waals surface area contributed by atoms with E-state index in [1.165, 1.54) is 0 Å². The van der Waals surface area contributed by atoms with E-state index >= 15 is 0 Å². The molecule has 6 heteroatoms. The summed E-state index contributed by atoms with van der Waals surface area (Å²) >= 11 is 0. The van der Waals surface area contributed by atoms with Crippen LogP contribution in [0.15, 0.2) is 12.4 Å². The van der Waals surface area contributed by atoms with Crippen molar-refractivity contribution >= 4 is 11.6 Å². The molecule has 0 fully saturated rings. The standard InChI is InChI=1S/C13H20N6/c1-5-14-12-9(2)13(18-10(3)17-12)15-6-11-7-16-19(4)8-11/h7-8H,5-6H2,1-4H3,(H2,14,15,17,18). The molecular weight excluding hydrogens is 240 g/mol. The van der Waals surface area contributed by atoms with E-state index in [9.17, 15) is 0 Å². The molecule has 0 amide bonds. The summed E-state index contributed by atoms with van der Waals surface area (Å²) in [4.78, 5) is 8.85. The number of hydrogen-bond acceptors (Lipinski definition) is 5. The third-order valence-electron chi connectivity index (χ3n) is 2.82. The van der Waals surface area contributed by atoms with Gasteiger partial charge in [-0.05, 0) is 20.8 Å². The van der Waals surface area contributed by atoms with E-state index in [4.69, 9.17) is 0 Å². The molecule has 0 saturated carbocycles. The van der Waals surface area contributed by atoms with Crippen molar-refractivity contribution in [2.45, 2.75) is 27.3 Å². The average molecular weight is 260 g/mol. The first-order valence-electron chi connectivity index (χ1n) is 6.40. The van der Waals surface area contributed by atoms with Gasteiger partial charge in [0.05, 0.1) is 6.20 Å². The van der Waals surface area contributed by atoms with Crippen molar-refractivity contribution < 1.29 is 0 Å². The lowest BCUT2D eigenvalue weighted by atomic mass is 10.3. The second-order valence-corrected chi connectivity index (χ2v) is 4.50. The van der Waals surface area contributed by atoms with Crippen LogP contribution in [0.25, 0.3) is 0 Å². The number of anilines is 2. The van der Waals surface area contributed by atoms with Gasteiger partial charge in [0.25, 0.3) is 0 Å². The smallest absolute Gasteiger partial charge is 0.135 e. The third kappa shape index (κ3) is 3.21. The van der Waals surface area contributed by atoms with Crippen LogP contribution in [-0.4, -0.2) is 26.3 Å². The fourth-order valence-electron chi connectivity index (χ4n) is 1.89. The van der Waals surface area contributed by atoms with Crippen LogP contribution in [0.5, 0.6) is 0 Å². The lowest BCUT2D eigenvalue weighted by Crippen LogP contribution is -2.09. The average Bonchev–Trinajstić information content (AvgIpc) is 2.78. The Hall–Kier alpha value is -2.11. The van der Waals surface area contributed by atoms with Gasteiger partial charge in [-0.15, -0.1) is 0 Å². The quantitative estimate of drug-likeness (QED) is 0.859. The number of nitrogens with one attached hydrogen (secondary N) is 2. The van der Waals surface area contributed by atoms with Crippen LogP contribution in [-0.2, 0) is 13.6 Å². The largest absolute Gasteiger partial charge is 0.370 e. The van der Waals surface area contributed by atoms with Crippen LogP contribution in [0.4, 0.5) is 11.6 Å². The van der Waals surface area contributed by atoms with Crippen molar-refractivity contribution in [3.8, 4) is 0 Å². The van der Waals surface area contributed by atoms with Crippen LogP contribution in [0.1, 0.15) is 23.9 Å². The van der Waals surface area contributed by atoms with Crippen LogP contribution >= 0.6 is 0 Å². The number of aryl methyl sites for hydroxylation is 2. The predicted molar refractivity (Wildman–Crippen MR) is 76.2 cm³/mol. The van der Waals surface area contributed by atoms with E-state index in [0.29, 0.717) is 6.54 Å². The van der Waals surface area contributed by atoms with Gasteiger partial charge in [0.2, 0.25) is 0 Å². The molecule has 0 aliphatic carbocycles. The molecule has 0 atom stereocenters. The Balaban J connectivity index is 2.15. The molecule has 19 heavy (non-hydrogen) atoms. The minimum atomic E-state index is 0.705. The Morgan fingerprint density at radius 3 is 2.42 bits per heavy atom. The van der Waals surface area contributed by atoms with Crippen LogP contribution in [0.2, 0.25) is 0 Å². The molecule has 0 aromatic carbocycles. The molecule has 6 nitrogen and oxygen atoms in total. The molecule has 0 aliphatic rings. The Kier molecular flexibility index (Phi) is 3.99. The zero-order valence-corrected chi connectivity index (χ0v) is 11.9. The van der Waals surface area contributed by atoms with Gasteiger partial charge in [-0.25, -0.2) is 9.97 Å². The van der Waals surface area contributed by atoms with E-state index in [1.54, 1.807) is 4.68 Å². The van der Waals surface area contributed by atoms with Gasteiger partial charge in [0.15, 0.2) is 0 Å². The fraction of sp³-hybridized carbons (Fsp3) is 0.462. The van der Waals surface area contributed by atoms with Crippen LogP contribution in [0.3, 0.4) is 0 Å². The Bertz CT molecular complexity index is 560. The molecule has 0 aliphatic heterocycles. The minimum Gasteiger partial charge on any atom is -0.370 e. The monoisotopic (exact) mass is 260 g/mol. The summed E-state index contributed by atoms with van der Waals surface area (Å²) in [6.07, 6.45) is 3.84. The molecule has 0 radical (unpaired) electrons. The van der Waals surface area contributed by atoms with Gasteiger partial charge >= 0.3 is 0 Å². The van der Waals surface area contributed by atoms with Gasteiger partial charge in [-0.1, -0.05) is 0 Å². The van der Waals surface area contributed by atoms with E-state index in [2.05, 4.69) is 32.6 Å². The minimum absolute atomic E-state index is 0.705. The van der Waals surface area contributed by atoms with Gasteiger partial charge in [-0.3, -0.25) is 4.68 Å². The zero-order valence-electron chi connectivity index (χ0n) is 11.9. The lowest BCUT2D eigenvalue weighted by molar-refractivity contribution is 0.767. The number of nitrogens with zero attached hydrogens (tertiary/aromatic N) is 4. The molecule has 2 aromatic rings. The van der Waals surface area contributed by atoms with Crippen molar-refractivity contribution in [1.82, 2.24) is 19.7 Å². The van der Waals surface area contributed by atoms with Crippen LogP contribution in [0, 0.1) is 13.8 Å². The topological polar surface area (TPSA) is 67.7 Å². The van der Waals surface area contributed by atoms with Crippen molar-refractivity contribution in [2.75, 3.05) is 17.2 Å². The summed E-state index contributed by atoms with van der Waals surface area (Å²) in [5.41, 5.74) is 2.17. The number of hydrogen-bond donors (Lipinski definition) is 2. The maximum absolute atomic E-state index is 4.45. The summed E-state index contributed by atoms with van der Waals surface area (Å²) < 4.78 is 1.79. The molecule has 2 N–H and O–H groups in total. The lowest BCUT2D eigenvalue weighted by Gasteiger charge is -2.13. The highest BCUT2D eigenvalue weighted by Gasteiger charge is 2.08. The SMILES string of the molecule is CCNc1nc(C)nc(NCc2cnn(C)c2)c1C. The molecule has 102 valence electrons. The van der Waals surface area contributed by atoms with Crippen molar-refractivity contribution in [1.29, 1.82) is 0 Å². The summed E-state index contributed by atoms with van der Waals surface area (Å²) in [6, 6.07) is 0. The molecule has 0 unspecified atom stereocenters. The summed E-state index contributed by atoms with van der Waals surface area (Å²) in [5.74, 6) is 2.52. The van der Waals surface area contributed by atoms with Gasteiger partial charge in [0, 0.05) is 37.5 Å². The molecule has 2 rings (SSSR count). The molecule has 0 bridgehead atoms. The summed E-state index contributed by atoms with van der Waals surface area (Å²) in [7, 11) is 1.91. The number of aromatic nitrogens is 4. The summed E-state index contributed by atoms with van der Waals surface area (Å²) in [6.45, 7) is 7.52. The maximum atomic E-state index is 4.45. The van der Waals surface area contributed by atoms with E-state index < -0.39 is 0 Å². The molecule has 0 spiro atoms. The first-order valence-corrected chi connectivity index (χ1v) is 6.40. The predicted octanol–water partition coefficient (Wildman–Crippen LogP) is 1.87.